The van der Waals surface area contributed by atoms with E-state index in [4.69, 9.17) is 0 Å². The van der Waals surface area contributed by atoms with Crippen molar-refractivity contribution in [2.45, 2.75) is 48.0 Å². The van der Waals surface area contributed by atoms with Crippen molar-refractivity contribution < 1.29 is 0 Å². The maximum absolute atomic E-state index is 3.90. The molecule has 0 N–H and O–H groups in total. The summed E-state index contributed by atoms with van der Waals surface area (Å²) in [5, 5.41) is 0. The molecule has 0 spiro atoms. The molecule has 92 valence electrons. The van der Waals surface area contributed by atoms with E-state index in [2.05, 4.69) is 60.8 Å². The third-order valence-electron chi connectivity index (χ3n) is 3.76. The lowest BCUT2D eigenvalue weighted by Gasteiger charge is -2.38. The molecule has 0 heterocycles. The number of rotatable bonds is 6. The normalized spacial score (nSPS) is 14.1. The van der Waals surface area contributed by atoms with Crippen LogP contribution >= 0.6 is 0 Å². The van der Waals surface area contributed by atoms with Crippen LogP contribution in [0, 0.1) is 16.7 Å². The maximum atomic E-state index is 3.90. The van der Waals surface area contributed by atoms with E-state index in [0.29, 0.717) is 11.3 Å². The van der Waals surface area contributed by atoms with Crippen molar-refractivity contribution in [2.75, 3.05) is 0 Å². The highest BCUT2D eigenvalue weighted by atomic mass is 14.4. The molecule has 0 rings (SSSR count). The van der Waals surface area contributed by atoms with Gasteiger partial charge in [0.1, 0.15) is 0 Å². The Kier molecular flexibility index (Phi) is 5.25. The zero-order valence-corrected chi connectivity index (χ0v) is 11.9. The van der Waals surface area contributed by atoms with Crippen LogP contribution in [0.15, 0.2) is 37.0 Å². The molecule has 0 nitrogen and oxygen atoms in total. The molecule has 16 heavy (non-hydrogen) atoms. The molecule has 0 aliphatic carbocycles. The Morgan fingerprint density at radius 2 is 1.62 bits per heavy atom. The van der Waals surface area contributed by atoms with Gasteiger partial charge >= 0.3 is 0 Å². The van der Waals surface area contributed by atoms with Crippen molar-refractivity contribution in [1.82, 2.24) is 0 Å². The van der Waals surface area contributed by atoms with E-state index in [-0.39, 0.29) is 5.41 Å². The highest BCUT2D eigenvalue weighted by Crippen LogP contribution is 2.43. The van der Waals surface area contributed by atoms with Crippen molar-refractivity contribution in [2.24, 2.45) is 16.7 Å². The van der Waals surface area contributed by atoms with Crippen LogP contribution in [0.3, 0.4) is 0 Å². The summed E-state index contributed by atoms with van der Waals surface area (Å²) < 4.78 is 0. The second-order valence-corrected chi connectivity index (χ2v) is 6.27. The molecular weight excluding hydrogens is 192 g/mol. The standard InChI is InChI=1S/C16H28/c1-9-11-14(10-2)16(7,8)12-15(5,6)13(3)4/h9-11,13H,1-2,12H2,3-8H3/b14-11+. The highest BCUT2D eigenvalue weighted by Gasteiger charge is 2.32. The summed E-state index contributed by atoms with van der Waals surface area (Å²) in [5.74, 6) is 0.682. The summed E-state index contributed by atoms with van der Waals surface area (Å²) >= 11 is 0. The molecule has 0 aliphatic rings. The van der Waals surface area contributed by atoms with Crippen molar-refractivity contribution in [3.8, 4) is 0 Å². The molecule has 0 radical (unpaired) electrons. The Morgan fingerprint density at radius 3 is 1.94 bits per heavy atom. The molecule has 0 atom stereocenters. The van der Waals surface area contributed by atoms with Crippen molar-refractivity contribution >= 4 is 0 Å². The predicted octanol–water partition coefficient (Wildman–Crippen LogP) is 5.38. The van der Waals surface area contributed by atoms with Crippen LogP contribution in [-0.4, -0.2) is 0 Å². The first-order chi connectivity index (χ1) is 7.17. The summed E-state index contributed by atoms with van der Waals surface area (Å²) in [5.41, 5.74) is 1.77. The lowest BCUT2D eigenvalue weighted by atomic mass is 9.66. The van der Waals surface area contributed by atoms with Gasteiger partial charge in [0.05, 0.1) is 0 Å². The Morgan fingerprint density at radius 1 is 1.12 bits per heavy atom. The average Bonchev–Trinajstić information content (AvgIpc) is 2.11. The van der Waals surface area contributed by atoms with Crippen LogP contribution in [-0.2, 0) is 0 Å². The van der Waals surface area contributed by atoms with Crippen molar-refractivity contribution in [3.63, 3.8) is 0 Å². The van der Waals surface area contributed by atoms with Gasteiger partial charge in [-0.25, -0.2) is 0 Å². The largest absolute Gasteiger partial charge is 0.0991 e. The smallest absolute Gasteiger partial charge is 0.00986 e. The minimum atomic E-state index is 0.156. The van der Waals surface area contributed by atoms with Crippen LogP contribution in [0.5, 0.6) is 0 Å². The molecule has 0 aromatic carbocycles. The van der Waals surface area contributed by atoms with E-state index in [0.717, 1.165) is 6.42 Å². The van der Waals surface area contributed by atoms with Crippen LogP contribution in [0.25, 0.3) is 0 Å². The zero-order valence-electron chi connectivity index (χ0n) is 11.9. The molecule has 0 saturated carbocycles. The summed E-state index contributed by atoms with van der Waals surface area (Å²) in [6, 6.07) is 0. The van der Waals surface area contributed by atoms with Gasteiger partial charge in [-0.05, 0) is 28.7 Å². The highest BCUT2D eigenvalue weighted by molar-refractivity contribution is 5.27. The molecule has 0 aromatic heterocycles. The van der Waals surface area contributed by atoms with Gasteiger partial charge in [-0.2, -0.15) is 0 Å². The third kappa shape index (κ3) is 4.00. The van der Waals surface area contributed by atoms with Crippen LogP contribution in [0.4, 0.5) is 0 Å². The van der Waals surface area contributed by atoms with Gasteiger partial charge in [0.2, 0.25) is 0 Å². The Balaban J connectivity index is 5.00. The summed E-state index contributed by atoms with van der Waals surface area (Å²) in [6.45, 7) is 21.5. The van der Waals surface area contributed by atoms with Gasteiger partial charge in [-0.3, -0.25) is 0 Å². The first-order valence-corrected chi connectivity index (χ1v) is 6.13. The van der Waals surface area contributed by atoms with Gasteiger partial charge < -0.3 is 0 Å². The molecule has 0 saturated heterocycles. The van der Waals surface area contributed by atoms with Crippen molar-refractivity contribution in [1.29, 1.82) is 0 Å². The molecule has 0 aliphatic heterocycles. The van der Waals surface area contributed by atoms with Gasteiger partial charge in [0, 0.05) is 0 Å². The van der Waals surface area contributed by atoms with Gasteiger partial charge in [-0.15, -0.1) is 0 Å². The number of allylic oxidation sites excluding steroid dienone is 4. The first kappa shape index (κ1) is 15.2. The number of hydrogen-bond acceptors (Lipinski definition) is 0. The first-order valence-electron chi connectivity index (χ1n) is 6.13. The molecule has 0 unspecified atom stereocenters. The van der Waals surface area contributed by atoms with Gasteiger partial charge in [0.25, 0.3) is 0 Å². The lowest BCUT2D eigenvalue weighted by molar-refractivity contribution is 0.163. The lowest BCUT2D eigenvalue weighted by Crippen LogP contribution is -2.28. The quantitative estimate of drug-likeness (QED) is 0.527. The van der Waals surface area contributed by atoms with Gasteiger partial charge in [-0.1, -0.05) is 72.9 Å². The Labute approximate surface area is 102 Å². The minimum absolute atomic E-state index is 0.156. The summed E-state index contributed by atoms with van der Waals surface area (Å²) in [4.78, 5) is 0. The summed E-state index contributed by atoms with van der Waals surface area (Å²) in [7, 11) is 0. The van der Waals surface area contributed by atoms with E-state index in [1.807, 2.05) is 12.2 Å². The zero-order chi connectivity index (χ0) is 13.0. The molecule has 0 bridgehead atoms. The Bertz CT molecular complexity index is 274. The maximum Gasteiger partial charge on any atom is -0.00986 e. The monoisotopic (exact) mass is 220 g/mol. The summed E-state index contributed by atoms with van der Waals surface area (Å²) in [6.07, 6.45) is 7.03. The molecule has 0 fully saturated rings. The predicted molar refractivity (Wildman–Crippen MR) is 75.5 cm³/mol. The molecule has 0 amide bonds. The third-order valence-corrected chi connectivity index (χ3v) is 3.76. The van der Waals surface area contributed by atoms with E-state index in [1.54, 1.807) is 0 Å². The number of hydrogen-bond donors (Lipinski definition) is 0. The van der Waals surface area contributed by atoms with Crippen LogP contribution < -0.4 is 0 Å². The van der Waals surface area contributed by atoms with E-state index in [1.165, 1.54) is 5.57 Å². The molecular formula is C16H28. The van der Waals surface area contributed by atoms with E-state index < -0.39 is 0 Å². The fourth-order valence-electron chi connectivity index (χ4n) is 2.14. The van der Waals surface area contributed by atoms with Crippen molar-refractivity contribution in [3.05, 3.63) is 37.0 Å². The second-order valence-electron chi connectivity index (χ2n) is 6.27. The molecule has 0 aromatic rings. The fourth-order valence-corrected chi connectivity index (χ4v) is 2.14. The second kappa shape index (κ2) is 5.52. The fraction of sp³-hybridized carbons (Fsp3) is 0.625. The minimum Gasteiger partial charge on any atom is -0.0991 e. The van der Waals surface area contributed by atoms with E-state index in [9.17, 15) is 0 Å². The molecule has 0 heteroatoms. The topological polar surface area (TPSA) is 0 Å². The van der Waals surface area contributed by atoms with Crippen LogP contribution in [0.1, 0.15) is 48.0 Å². The van der Waals surface area contributed by atoms with Gasteiger partial charge in [0.15, 0.2) is 0 Å². The SMILES string of the molecule is C=C/C=C(\C=C)C(C)(C)CC(C)(C)C(C)C. The Hall–Kier alpha value is -0.780. The average molecular weight is 220 g/mol. The van der Waals surface area contributed by atoms with Crippen LogP contribution in [0.2, 0.25) is 0 Å². The van der Waals surface area contributed by atoms with E-state index >= 15 is 0 Å².